The number of amides is 2. The average molecular weight is 187 g/mol. The molecule has 2 heterocycles. The van der Waals surface area contributed by atoms with Gasteiger partial charge in [-0.1, -0.05) is 11.8 Å². The van der Waals surface area contributed by atoms with Gasteiger partial charge in [-0.05, 0) is 0 Å². The van der Waals surface area contributed by atoms with Crippen molar-refractivity contribution in [3.05, 3.63) is 0 Å². The predicted octanol–water partition coefficient (Wildman–Crippen LogP) is 0.471. The van der Waals surface area contributed by atoms with Gasteiger partial charge < -0.3 is 4.74 Å². The summed E-state index contributed by atoms with van der Waals surface area (Å²) in [6.45, 7) is 1.13. The monoisotopic (exact) mass is 187 g/mol. The lowest BCUT2D eigenvalue weighted by atomic mass is 10.3. The molecular formula is C7H9NO3S. The van der Waals surface area contributed by atoms with Crippen LogP contribution in [0.4, 0.5) is 4.79 Å². The highest BCUT2D eigenvalue weighted by Gasteiger charge is 2.33. The molecule has 12 heavy (non-hydrogen) atoms. The first-order chi connectivity index (χ1) is 5.77. The number of nitrogens with zero attached hydrogens (tertiary/aromatic N) is 1. The Balaban J connectivity index is 1.97. The van der Waals surface area contributed by atoms with Gasteiger partial charge in [0.1, 0.15) is 0 Å². The maximum Gasteiger partial charge on any atom is 0.288 e. The summed E-state index contributed by atoms with van der Waals surface area (Å²) in [5.74, 6) is 0.564. The Kier molecular flexibility index (Phi) is 2.06. The summed E-state index contributed by atoms with van der Waals surface area (Å²) < 4.78 is 4.95. The van der Waals surface area contributed by atoms with Gasteiger partial charge in [-0.2, -0.15) is 0 Å². The van der Waals surface area contributed by atoms with Gasteiger partial charge in [-0.15, -0.1) is 0 Å². The van der Waals surface area contributed by atoms with Crippen LogP contribution in [-0.2, 0) is 9.53 Å². The number of hydrogen-bond acceptors (Lipinski definition) is 4. The van der Waals surface area contributed by atoms with E-state index >= 15 is 0 Å². The molecule has 2 rings (SSSR count). The second-order valence-corrected chi connectivity index (χ2v) is 3.87. The second kappa shape index (κ2) is 3.06. The first-order valence-corrected chi connectivity index (χ1v) is 4.84. The first-order valence-electron chi connectivity index (χ1n) is 3.86. The third kappa shape index (κ3) is 1.61. The molecule has 0 N–H and O–H groups in total. The first kappa shape index (κ1) is 8.07. The fourth-order valence-electron chi connectivity index (χ4n) is 1.09. The Bertz CT molecular complexity index is 211. The lowest BCUT2D eigenvalue weighted by Gasteiger charge is -2.22. The molecular weight excluding hydrogens is 178 g/mol. The Morgan fingerprint density at radius 1 is 1.58 bits per heavy atom. The van der Waals surface area contributed by atoms with Gasteiger partial charge in [0.15, 0.2) is 0 Å². The molecule has 0 aliphatic carbocycles. The van der Waals surface area contributed by atoms with Crippen molar-refractivity contribution in [2.75, 3.05) is 18.9 Å². The third-order valence-electron chi connectivity index (χ3n) is 1.85. The average Bonchev–Trinajstić information content (AvgIpc) is 2.80. The highest BCUT2D eigenvalue weighted by molar-refractivity contribution is 8.13. The van der Waals surface area contributed by atoms with E-state index in [9.17, 15) is 9.59 Å². The SMILES string of the molecule is O=C1CCSC(=O)N1C[C@H]1CO1. The van der Waals surface area contributed by atoms with E-state index in [-0.39, 0.29) is 17.3 Å². The maximum atomic E-state index is 11.2. The van der Waals surface area contributed by atoms with Crippen molar-refractivity contribution >= 4 is 22.9 Å². The van der Waals surface area contributed by atoms with Crippen LogP contribution in [0, 0.1) is 0 Å². The van der Waals surface area contributed by atoms with Crippen LogP contribution in [0.5, 0.6) is 0 Å². The molecule has 4 nitrogen and oxygen atoms in total. The summed E-state index contributed by atoms with van der Waals surface area (Å²) in [6, 6.07) is 0. The fraction of sp³-hybridized carbons (Fsp3) is 0.714. The molecule has 0 bridgehead atoms. The lowest BCUT2D eigenvalue weighted by Crippen LogP contribution is -2.40. The minimum atomic E-state index is -0.123. The van der Waals surface area contributed by atoms with E-state index < -0.39 is 0 Å². The Labute approximate surface area is 74.2 Å². The quantitative estimate of drug-likeness (QED) is 0.590. The van der Waals surface area contributed by atoms with E-state index in [0.717, 1.165) is 0 Å². The van der Waals surface area contributed by atoms with Crippen LogP contribution in [0.3, 0.4) is 0 Å². The number of hydrogen-bond donors (Lipinski definition) is 0. The molecule has 2 saturated heterocycles. The van der Waals surface area contributed by atoms with Gasteiger partial charge in [0.05, 0.1) is 19.3 Å². The van der Waals surface area contributed by atoms with E-state index in [1.54, 1.807) is 0 Å². The molecule has 0 spiro atoms. The molecule has 5 heteroatoms. The van der Waals surface area contributed by atoms with Crippen LogP contribution in [-0.4, -0.2) is 41.1 Å². The Morgan fingerprint density at radius 2 is 2.33 bits per heavy atom. The number of ether oxygens (including phenoxy) is 1. The van der Waals surface area contributed by atoms with Gasteiger partial charge in [0.25, 0.3) is 5.24 Å². The summed E-state index contributed by atoms with van der Waals surface area (Å²) in [5, 5.41) is -0.123. The van der Waals surface area contributed by atoms with Crippen LogP contribution < -0.4 is 0 Å². The zero-order valence-corrected chi connectivity index (χ0v) is 7.30. The smallest absolute Gasteiger partial charge is 0.288 e. The number of thioether (sulfide) groups is 1. The standard InChI is InChI=1S/C7H9NO3S/c9-6-1-2-12-7(10)8(6)3-5-4-11-5/h5H,1-4H2/t5-/m0/s1. The van der Waals surface area contributed by atoms with Crippen LogP contribution in [0.1, 0.15) is 6.42 Å². The van der Waals surface area contributed by atoms with E-state index in [0.29, 0.717) is 25.3 Å². The molecule has 1 atom stereocenters. The molecule has 0 aromatic rings. The number of carbonyl (C=O) groups excluding carboxylic acids is 2. The molecule has 2 amide bonds. The molecule has 2 aliphatic rings. The van der Waals surface area contributed by atoms with Crippen LogP contribution in [0.15, 0.2) is 0 Å². The minimum Gasteiger partial charge on any atom is -0.371 e. The summed E-state index contributed by atoms with van der Waals surface area (Å²) in [7, 11) is 0. The normalized spacial score (nSPS) is 29.3. The van der Waals surface area contributed by atoms with E-state index in [4.69, 9.17) is 4.74 Å². The predicted molar refractivity (Wildman–Crippen MR) is 43.9 cm³/mol. The molecule has 2 aliphatic heterocycles. The van der Waals surface area contributed by atoms with Crippen molar-refractivity contribution in [3.8, 4) is 0 Å². The highest BCUT2D eigenvalue weighted by atomic mass is 32.2. The number of rotatable bonds is 2. The molecule has 2 fully saturated rings. The summed E-state index contributed by atoms with van der Waals surface area (Å²) in [5.41, 5.74) is 0. The van der Waals surface area contributed by atoms with Crippen LogP contribution in [0.2, 0.25) is 0 Å². The van der Waals surface area contributed by atoms with Gasteiger partial charge in [0.2, 0.25) is 5.91 Å². The van der Waals surface area contributed by atoms with E-state index in [1.807, 2.05) is 0 Å². The Hall–Kier alpha value is -0.550. The zero-order chi connectivity index (χ0) is 8.55. The maximum absolute atomic E-state index is 11.2. The molecule has 0 aromatic carbocycles. The highest BCUT2D eigenvalue weighted by Crippen LogP contribution is 2.21. The van der Waals surface area contributed by atoms with Crippen molar-refractivity contribution in [1.82, 2.24) is 4.90 Å². The van der Waals surface area contributed by atoms with Crippen molar-refractivity contribution in [2.24, 2.45) is 0 Å². The number of imide groups is 1. The molecule has 66 valence electrons. The number of carbonyl (C=O) groups is 2. The molecule has 0 radical (unpaired) electrons. The number of epoxide rings is 1. The zero-order valence-electron chi connectivity index (χ0n) is 6.49. The summed E-state index contributed by atoms with van der Waals surface area (Å²) >= 11 is 1.21. The Morgan fingerprint density at radius 3 is 2.92 bits per heavy atom. The van der Waals surface area contributed by atoms with Gasteiger partial charge >= 0.3 is 0 Å². The second-order valence-electron chi connectivity index (χ2n) is 2.82. The van der Waals surface area contributed by atoms with Crippen LogP contribution in [0.25, 0.3) is 0 Å². The summed E-state index contributed by atoms with van der Waals surface area (Å²) in [4.78, 5) is 23.7. The van der Waals surface area contributed by atoms with Gasteiger partial charge in [-0.3, -0.25) is 14.5 Å². The van der Waals surface area contributed by atoms with Crippen molar-refractivity contribution in [1.29, 1.82) is 0 Å². The van der Waals surface area contributed by atoms with E-state index in [2.05, 4.69) is 0 Å². The minimum absolute atomic E-state index is 0.0609. The van der Waals surface area contributed by atoms with Crippen molar-refractivity contribution in [3.63, 3.8) is 0 Å². The van der Waals surface area contributed by atoms with E-state index in [1.165, 1.54) is 16.7 Å². The molecule has 0 unspecified atom stereocenters. The van der Waals surface area contributed by atoms with Gasteiger partial charge in [-0.25, -0.2) is 0 Å². The molecule has 0 aromatic heterocycles. The van der Waals surface area contributed by atoms with Crippen LogP contribution >= 0.6 is 11.8 Å². The topological polar surface area (TPSA) is 49.9 Å². The fourth-order valence-corrected chi connectivity index (χ4v) is 1.88. The van der Waals surface area contributed by atoms with Crippen molar-refractivity contribution in [2.45, 2.75) is 12.5 Å². The lowest BCUT2D eigenvalue weighted by molar-refractivity contribution is -0.127. The largest absolute Gasteiger partial charge is 0.371 e. The third-order valence-corrected chi connectivity index (χ3v) is 2.73. The molecule has 0 saturated carbocycles. The van der Waals surface area contributed by atoms with Gasteiger partial charge in [0, 0.05) is 12.2 Å². The van der Waals surface area contributed by atoms with Crippen molar-refractivity contribution < 1.29 is 14.3 Å². The summed E-state index contributed by atoms with van der Waals surface area (Å²) in [6.07, 6.45) is 0.583.